The summed E-state index contributed by atoms with van der Waals surface area (Å²) in [5.74, 6) is -0.328. The smallest absolute Gasteiger partial charge is 0.331 e. The van der Waals surface area contributed by atoms with Crippen LogP contribution in [0.1, 0.15) is 51.4 Å². The van der Waals surface area contributed by atoms with Crippen LogP contribution in [0.5, 0.6) is 0 Å². The Kier molecular flexibility index (Phi) is 8.13. The van der Waals surface area contributed by atoms with E-state index in [-0.39, 0.29) is 42.9 Å². The second kappa shape index (κ2) is 11.6. The fraction of sp³-hybridized carbons (Fsp3) is 0.407. The Balaban J connectivity index is 1.44. The van der Waals surface area contributed by atoms with Crippen LogP contribution in [0.2, 0.25) is 0 Å². The molecular weight excluding hydrogens is 444 g/mol. The first-order valence-corrected chi connectivity index (χ1v) is 12.4. The van der Waals surface area contributed by atoms with Gasteiger partial charge in [0.1, 0.15) is 6.54 Å². The van der Waals surface area contributed by atoms with Crippen LogP contribution in [0.25, 0.3) is 10.9 Å². The van der Waals surface area contributed by atoms with Gasteiger partial charge in [-0.3, -0.25) is 23.5 Å². The molecule has 2 N–H and O–H groups in total. The van der Waals surface area contributed by atoms with Crippen LogP contribution in [0.15, 0.2) is 64.2 Å². The zero-order chi connectivity index (χ0) is 24.6. The Morgan fingerprint density at radius 2 is 1.54 bits per heavy atom. The van der Waals surface area contributed by atoms with Crippen LogP contribution in [0, 0.1) is 0 Å². The average molecular weight is 477 g/mol. The van der Waals surface area contributed by atoms with Crippen molar-refractivity contribution in [2.24, 2.45) is 0 Å². The molecule has 0 bridgehead atoms. The molecule has 8 nitrogen and oxygen atoms in total. The predicted octanol–water partition coefficient (Wildman–Crippen LogP) is 3.42. The molecule has 8 heteroatoms. The van der Waals surface area contributed by atoms with Gasteiger partial charge in [-0.2, -0.15) is 0 Å². The molecule has 1 aliphatic carbocycles. The second-order valence-electron chi connectivity index (χ2n) is 9.12. The number of unbranched alkanes of at least 4 members (excludes halogenated alkanes) is 1. The van der Waals surface area contributed by atoms with Crippen molar-refractivity contribution >= 4 is 28.4 Å². The summed E-state index contributed by atoms with van der Waals surface area (Å²) in [4.78, 5) is 51.2. The molecule has 1 aliphatic rings. The highest BCUT2D eigenvalue weighted by atomic mass is 16.2. The lowest BCUT2D eigenvalue weighted by Gasteiger charge is -2.23. The van der Waals surface area contributed by atoms with Crippen molar-refractivity contribution in [1.29, 1.82) is 0 Å². The van der Waals surface area contributed by atoms with Crippen molar-refractivity contribution in [1.82, 2.24) is 14.5 Å². The van der Waals surface area contributed by atoms with Gasteiger partial charge in [-0.05, 0) is 49.9 Å². The van der Waals surface area contributed by atoms with Crippen LogP contribution in [0.4, 0.5) is 5.69 Å². The molecule has 1 saturated carbocycles. The average Bonchev–Trinajstić information content (AvgIpc) is 2.87. The molecule has 2 aromatic carbocycles. The summed E-state index contributed by atoms with van der Waals surface area (Å²) in [6, 6.07) is 16.2. The van der Waals surface area contributed by atoms with E-state index in [0.29, 0.717) is 23.7 Å². The largest absolute Gasteiger partial charge is 0.352 e. The number of nitrogens with zero attached hydrogens (tertiary/aromatic N) is 2. The van der Waals surface area contributed by atoms with Crippen molar-refractivity contribution in [2.75, 3.05) is 5.32 Å². The first-order chi connectivity index (χ1) is 17.0. The molecule has 1 aromatic heterocycles. The minimum atomic E-state index is -0.499. The number of fused-ring (bicyclic) bond motifs is 1. The summed E-state index contributed by atoms with van der Waals surface area (Å²) in [5, 5.41) is 6.28. The third-order valence-corrected chi connectivity index (χ3v) is 6.50. The number of hydrogen-bond donors (Lipinski definition) is 2. The lowest BCUT2D eigenvalue weighted by atomic mass is 9.95. The third kappa shape index (κ3) is 6.26. The van der Waals surface area contributed by atoms with E-state index in [1.807, 2.05) is 30.3 Å². The van der Waals surface area contributed by atoms with Gasteiger partial charge in [0.15, 0.2) is 0 Å². The number of hydrogen-bond acceptors (Lipinski definition) is 4. The molecular formula is C27H32N4O4. The highest BCUT2D eigenvalue weighted by Gasteiger charge is 2.19. The highest BCUT2D eigenvalue weighted by molar-refractivity contribution is 5.90. The Hall–Kier alpha value is -3.68. The Morgan fingerprint density at radius 3 is 2.31 bits per heavy atom. The van der Waals surface area contributed by atoms with E-state index in [4.69, 9.17) is 0 Å². The minimum Gasteiger partial charge on any atom is -0.352 e. The van der Waals surface area contributed by atoms with Gasteiger partial charge in [0, 0.05) is 24.7 Å². The van der Waals surface area contributed by atoms with Crippen LogP contribution < -0.4 is 21.9 Å². The first-order valence-electron chi connectivity index (χ1n) is 12.4. The molecule has 0 radical (unpaired) electrons. The quantitative estimate of drug-likeness (QED) is 0.462. The lowest BCUT2D eigenvalue weighted by Crippen LogP contribution is -2.44. The van der Waals surface area contributed by atoms with E-state index in [1.165, 1.54) is 15.6 Å². The van der Waals surface area contributed by atoms with Gasteiger partial charge in [0.25, 0.3) is 5.56 Å². The van der Waals surface area contributed by atoms with Crippen molar-refractivity contribution < 1.29 is 9.59 Å². The summed E-state index contributed by atoms with van der Waals surface area (Å²) in [5.41, 5.74) is 0.321. The van der Waals surface area contributed by atoms with E-state index in [9.17, 15) is 19.2 Å². The van der Waals surface area contributed by atoms with Crippen LogP contribution in [0.3, 0.4) is 0 Å². The molecule has 3 aromatic rings. The molecule has 2 amide bonds. The molecule has 0 saturated heterocycles. The number of aromatic nitrogens is 2. The van der Waals surface area contributed by atoms with Crippen LogP contribution in [-0.4, -0.2) is 27.0 Å². The number of rotatable bonds is 9. The molecule has 1 heterocycles. The number of carbonyl (C=O) groups excluding carboxylic acids is 2. The number of para-hydroxylation sites is 2. The van der Waals surface area contributed by atoms with Crippen molar-refractivity contribution in [2.45, 2.75) is 70.5 Å². The van der Waals surface area contributed by atoms with E-state index >= 15 is 0 Å². The van der Waals surface area contributed by atoms with Gasteiger partial charge >= 0.3 is 5.69 Å². The SMILES string of the molecule is O=C(CCCCn1c(=O)c2ccccc2n(CC(=O)NC2CCCCC2)c1=O)Nc1ccccc1. The van der Waals surface area contributed by atoms with E-state index in [1.54, 1.807) is 24.3 Å². The Labute approximate surface area is 204 Å². The zero-order valence-corrected chi connectivity index (χ0v) is 19.9. The van der Waals surface area contributed by atoms with Crippen molar-refractivity contribution in [3.63, 3.8) is 0 Å². The second-order valence-corrected chi connectivity index (χ2v) is 9.12. The van der Waals surface area contributed by atoms with Crippen molar-refractivity contribution in [3.05, 3.63) is 75.4 Å². The number of carbonyl (C=O) groups is 2. The number of anilines is 1. The van der Waals surface area contributed by atoms with Gasteiger partial charge in [0.05, 0.1) is 10.9 Å². The molecule has 0 atom stereocenters. The number of amides is 2. The molecule has 0 unspecified atom stereocenters. The summed E-state index contributed by atoms with van der Waals surface area (Å²) >= 11 is 0. The molecule has 1 fully saturated rings. The zero-order valence-electron chi connectivity index (χ0n) is 19.9. The molecule has 4 rings (SSSR count). The number of benzene rings is 2. The molecule has 0 spiro atoms. The normalized spacial score (nSPS) is 14.1. The summed E-state index contributed by atoms with van der Waals surface area (Å²) in [6.07, 6.45) is 6.61. The van der Waals surface area contributed by atoms with Gasteiger partial charge in [-0.15, -0.1) is 0 Å². The predicted molar refractivity (Wildman–Crippen MR) is 136 cm³/mol. The summed E-state index contributed by atoms with van der Waals surface area (Å²) in [6.45, 7) is 0.0565. The standard InChI is InChI=1S/C27H32N4O4/c32-24(28-20-11-3-1-4-12-20)17-9-10-18-30-26(34)22-15-7-8-16-23(22)31(27(30)35)19-25(33)29-21-13-5-2-6-14-21/h1,3-4,7-8,11-12,15-16,21H,2,5-6,9-10,13-14,17-19H2,(H,28,32)(H,29,33). The topological polar surface area (TPSA) is 102 Å². The maximum atomic E-state index is 13.3. The maximum Gasteiger partial charge on any atom is 0.331 e. The first kappa shape index (κ1) is 24.4. The molecule has 0 aliphatic heterocycles. The van der Waals surface area contributed by atoms with Gasteiger partial charge < -0.3 is 10.6 Å². The molecule has 184 valence electrons. The summed E-state index contributed by atoms with van der Waals surface area (Å²) in [7, 11) is 0. The van der Waals surface area contributed by atoms with E-state index in [0.717, 1.165) is 31.4 Å². The maximum absolute atomic E-state index is 13.3. The van der Waals surface area contributed by atoms with Crippen molar-refractivity contribution in [3.8, 4) is 0 Å². The van der Waals surface area contributed by atoms with Gasteiger partial charge in [-0.25, -0.2) is 4.79 Å². The fourth-order valence-corrected chi connectivity index (χ4v) is 4.69. The van der Waals surface area contributed by atoms with Gasteiger partial charge in [0.2, 0.25) is 11.8 Å². The Morgan fingerprint density at radius 1 is 0.829 bits per heavy atom. The summed E-state index contributed by atoms with van der Waals surface area (Å²) < 4.78 is 2.57. The van der Waals surface area contributed by atoms with Gasteiger partial charge in [-0.1, -0.05) is 49.6 Å². The fourth-order valence-electron chi connectivity index (χ4n) is 4.69. The Bertz CT molecular complexity index is 1290. The molecule has 35 heavy (non-hydrogen) atoms. The van der Waals surface area contributed by atoms with E-state index < -0.39 is 5.69 Å². The lowest BCUT2D eigenvalue weighted by molar-refractivity contribution is -0.122. The van der Waals surface area contributed by atoms with Crippen LogP contribution in [-0.2, 0) is 22.7 Å². The third-order valence-electron chi connectivity index (χ3n) is 6.50. The highest BCUT2D eigenvalue weighted by Crippen LogP contribution is 2.17. The number of nitrogens with one attached hydrogen (secondary N) is 2. The minimum absolute atomic E-state index is 0.112. The van der Waals surface area contributed by atoms with Crippen LogP contribution >= 0.6 is 0 Å². The van der Waals surface area contributed by atoms with E-state index in [2.05, 4.69) is 10.6 Å². The monoisotopic (exact) mass is 476 g/mol.